The number of methoxy groups -OCH3 is 1. The molecule has 2 N–H and O–H groups in total. The molecule has 2 aromatic carbocycles. The number of aliphatic carboxylic acids is 1. The van der Waals surface area contributed by atoms with Gasteiger partial charge in [0.15, 0.2) is 6.10 Å². The van der Waals surface area contributed by atoms with Gasteiger partial charge in [-0.15, -0.1) is 0 Å². The van der Waals surface area contributed by atoms with Crippen LogP contribution in [0, 0.1) is 11.3 Å². The van der Waals surface area contributed by atoms with Gasteiger partial charge in [-0.1, -0.05) is 26.0 Å². The zero-order chi connectivity index (χ0) is 23.2. The Balaban J connectivity index is 2.23. The summed E-state index contributed by atoms with van der Waals surface area (Å²) in [5.41, 5.74) is 1.86. The van der Waals surface area contributed by atoms with E-state index in [2.05, 4.69) is 4.72 Å². The lowest BCUT2D eigenvalue weighted by molar-refractivity contribution is -0.144. The summed E-state index contributed by atoms with van der Waals surface area (Å²) in [4.78, 5) is 11.1. The number of nitrogens with one attached hydrogen (secondary N) is 1. The standard InChI is InChI=1S/C22H26N2O6S/c1-14(2)18-7-6-17(20(12-18)30-15(3)22(25)26)9-10-24-31(27,28)21-11-16(13-23)5-8-19(21)29-4/h5-8,11-12,14-15,24H,9-10H2,1-4H3,(H,25,26). The van der Waals surface area contributed by atoms with Gasteiger partial charge in [-0.2, -0.15) is 5.26 Å². The molecule has 2 rings (SSSR count). The highest BCUT2D eigenvalue weighted by Gasteiger charge is 2.21. The molecule has 0 saturated carbocycles. The minimum absolute atomic E-state index is 0.0428. The van der Waals surface area contributed by atoms with Gasteiger partial charge in [-0.25, -0.2) is 17.9 Å². The molecule has 0 amide bonds. The van der Waals surface area contributed by atoms with Crippen LogP contribution in [0.25, 0.3) is 0 Å². The topological polar surface area (TPSA) is 126 Å². The number of benzene rings is 2. The van der Waals surface area contributed by atoms with Crippen molar-refractivity contribution >= 4 is 16.0 Å². The summed E-state index contributed by atoms with van der Waals surface area (Å²) in [7, 11) is -2.59. The summed E-state index contributed by atoms with van der Waals surface area (Å²) in [5.74, 6) is -0.336. The van der Waals surface area contributed by atoms with Crippen molar-refractivity contribution in [1.29, 1.82) is 5.26 Å². The second-order valence-corrected chi connectivity index (χ2v) is 8.98. The van der Waals surface area contributed by atoms with Gasteiger partial charge in [0.25, 0.3) is 0 Å². The van der Waals surface area contributed by atoms with Gasteiger partial charge >= 0.3 is 5.97 Å². The summed E-state index contributed by atoms with van der Waals surface area (Å²) in [6.45, 7) is 5.50. The largest absolute Gasteiger partial charge is 0.495 e. The van der Waals surface area contributed by atoms with Crippen molar-refractivity contribution < 1.29 is 27.8 Å². The van der Waals surface area contributed by atoms with Gasteiger partial charge in [-0.05, 0) is 54.7 Å². The Bertz CT molecular complexity index is 1090. The Kier molecular flexibility index (Phi) is 8.02. The van der Waals surface area contributed by atoms with E-state index in [1.165, 1.54) is 32.2 Å². The molecule has 8 nitrogen and oxygen atoms in total. The molecule has 0 fully saturated rings. The molecule has 0 aromatic heterocycles. The SMILES string of the molecule is COc1ccc(C#N)cc1S(=O)(=O)NCCc1ccc(C(C)C)cc1OC(C)C(=O)O. The fourth-order valence-corrected chi connectivity index (χ4v) is 4.07. The van der Waals surface area contributed by atoms with Crippen LogP contribution in [-0.2, 0) is 21.2 Å². The first-order chi connectivity index (χ1) is 14.6. The Morgan fingerprint density at radius 1 is 1.16 bits per heavy atom. The monoisotopic (exact) mass is 446 g/mol. The maximum Gasteiger partial charge on any atom is 0.344 e. The maximum absolute atomic E-state index is 12.8. The first kappa shape index (κ1) is 24.2. The van der Waals surface area contributed by atoms with Gasteiger partial charge in [-0.3, -0.25) is 0 Å². The quantitative estimate of drug-likeness (QED) is 0.574. The smallest absolute Gasteiger partial charge is 0.344 e. The lowest BCUT2D eigenvalue weighted by atomic mass is 10.00. The molecule has 31 heavy (non-hydrogen) atoms. The highest BCUT2D eigenvalue weighted by Crippen LogP contribution is 2.27. The highest BCUT2D eigenvalue weighted by atomic mass is 32.2. The average Bonchev–Trinajstić information content (AvgIpc) is 2.73. The second-order valence-electron chi connectivity index (χ2n) is 7.25. The number of hydrogen-bond acceptors (Lipinski definition) is 6. The minimum atomic E-state index is -3.94. The van der Waals surface area contributed by atoms with E-state index in [9.17, 15) is 13.2 Å². The molecule has 1 unspecified atom stereocenters. The molecular weight excluding hydrogens is 420 g/mol. The summed E-state index contributed by atoms with van der Waals surface area (Å²) in [6, 6.07) is 11.6. The normalized spacial score (nSPS) is 12.3. The molecular formula is C22H26N2O6S. The molecule has 2 aromatic rings. The number of nitrogens with zero attached hydrogens (tertiary/aromatic N) is 1. The van der Waals surface area contributed by atoms with E-state index in [1.807, 2.05) is 32.0 Å². The molecule has 0 saturated heterocycles. The van der Waals surface area contributed by atoms with Gasteiger partial charge < -0.3 is 14.6 Å². The van der Waals surface area contributed by atoms with E-state index >= 15 is 0 Å². The Morgan fingerprint density at radius 2 is 1.87 bits per heavy atom. The number of carboxylic acids is 1. The van der Waals surface area contributed by atoms with E-state index < -0.39 is 22.1 Å². The number of ether oxygens (including phenoxy) is 2. The summed E-state index contributed by atoms with van der Waals surface area (Å²) >= 11 is 0. The molecule has 0 bridgehead atoms. The molecule has 0 heterocycles. The van der Waals surface area contributed by atoms with Crippen LogP contribution in [0.2, 0.25) is 0 Å². The van der Waals surface area contributed by atoms with E-state index in [0.29, 0.717) is 11.3 Å². The average molecular weight is 447 g/mol. The van der Waals surface area contributed by atoms with E-state index in [-0.39, 0.29) is 35.1 Å². The maximum atomic E-state index is 12.8. The highest BCUT2D eigenvalue weighted by molar-refractivity contribution is 7.89. The Hall–Kier alpha value is -3.09. The van der Waals surface area contributed by atoms with Crippen molar-refractivity contribution in [3.63, 3.8) is 0 Å². The fraction of sp³-hybridized carbons (Fsp3) is 0.364. The van der Waals surface area contributed by atoms with Crippen LogP contribution in [0.5, 0.6) is 11.5 Å². The first-order valence-electron chi connectivity index (χ1n) is 9.69. The minimum Gasteiger partial charge on any atom is -0.495 e. The van der Waals surface area contributed by atoms with Gasteiger partial charge in [0, 0.05) is 6.54 Å². The van der Waals surface area contributed by atoms with Gasteiger partial charge in [0.1, 0.15) is 16.4 Å². The number of nitriles is 1. The first-order valence-corrected chi connectivity index (χ1v) is 11.2. The zero-order valence-electron chi connectivity index (χ0n) is 17.9. The number of carbonyl (C=O) groups is 1. The van der Waals surface area contributed by atoms with Crippen molar-refractivity contribution in [3.05, 3.63) is 53.1 Å². The van der Waals surface area contributed by atoms with E-state index in [1.54, 1.807) is 6.07 Å². The van der Waals surface area contributed by atoms with Crippen LogP contribution >= 0.6 is 0 Å². The Morgan fingerprint density at radius 3 is 2.45 bits per heavy atom. The number of sulfonamides is 1. The van der Waals surface area contributed by atoms with Crippen LogP contribution in [0.4, 0.5) is 0 Å². The summed E-state index contributed by atoms with van der Waals surface area (Å²) in [5, 5.41) is 18.2. The van der Waals surface area contributed by atoms with E-state index in [0.717, 1.165) is 5.56 Å². The molecule has 0 spiro atoms. The zero-order valence-corrected chi connectivity index (χ0v) is 18.7. The predicted molar refractivity (Wildman–Crippen MR) is 115 cm³/mol. The van der Waals surface area contributed by atoms with E-state index in [4.69, 9.17) is 19.8 Å². The van der Waals surface area contributed by atoms with Crippen LogP contribution in [0.3, 0.4) is 0 Å². The van der Waals surface area contributed by atoms with Gasteiger partial charge in [0.2, 0.25) is 10.0 Å². The third-order valence-electron chi connectivity index (χ3n) is 4.68. The van der Waals surface area contributed by atoms with Crippen molar-refractivity contribution in [2.75, 3.05) is 13.7 Å². The third kappa shape index (κ3) is 6.20. The lowest BCUT2D eigenvalue weighted by Gasteiger charge is -2.17. The predicted octanol–water partition coefficient (Wildman–Crippen LogP) is 3.06. The van der Waals surface area contributed by atoms with Crippen LogP contribution in [-0.4, -0.2) is 39.3 Å². The van der Waals surface area contributed by atoms with Crippen LogP contribution < -0.4 is 14.2 Å². The molecule has 0 aliphatic carbocycles. The Labute approximate surface area is 182 Å². The molecule has 166 valence electrons. The number of carboxylic acid groups (broad SMARTS) is 1. The molecule has 0 aliphatic rings. The fourth-order valence-electron chi connectivity index (χ4n) is 2.84. The van der Waals surface area contributed by atoms with Crippen molar-refractivity contribution in [2.45, 2.75) is 44.1 Å². The third-order valence-corrected chi connectivity index (χ3v) is 6.16. The molecule has 0 radical (unpaired) electrons. The van der Waals surface area contributed by atoms with Crippen LogP contribution in [0.15, 0.2) is 41.3 Å². The molecule has 9 heteroatoms. The van der Waals surface area contributed by atoms with Crippen LogP contribution in [0.1, 0.15) is 43.4 Å². The number of hydrogen-bond donors (Lipinski definition) is 2. The second kappa shape index (κ2) is 10.3. The summed E-state index contributed by atoms with van der Waals surface area (Å²) in [6.07, 6.45) is -0.768. The van der Waals surface area contributed by atoms with Gasteiger partial charge in [0.05, 0.1) is 18.7 Å². The molecule has 1 atom stereocenters. The number of rotatable bonds is 10. The van der Waals surface area contributed by atoms with Crippen molar-refractivity contribution in [1.82, 2.24) is 4.72 Å². The summed E-state index contributed by atoms with van der Waals surface area (Å²) < 4.78 is 38.7. The molecule has 0 aliphatic heterocycles. The van der Waals surface area contributed by atoms with Crippen molar-refractivity contribution in [2.24, 2.45) is 0 Å². The van der Waals surface area contributed by atoms with Crippen molar-refractivity contribution in [3.8, 4) is 17.6 Å². The lowest BCUT2D eigenvalue weighted by Crippen LogP contribution is -2.27.